The number of hydrogen-bond donors (Lipinski definition) is 3. The molecule has 0 spiro atoms. The number of benzene rings is 1. The molecule has 2 aromatic rings. The fourth-order valence-electron chi connectivity index (χ4n) is 2.86. The molecule has 0 atom stereocenters. The van der Waals surface area contributed by atoms with Crippen LogP contribution in [0.1, 0.15) is 21.5 Å². The predicted octanol–water partition coefficient (Wildman–Crippen LogP) is 2.11. The highest BCUT2D eigenvalue weighted by atomic mass is 32.1. The predicted molar refractivity (Wildman–Crippen MR) is 85.4 cm³/mol. The Morgan fingerprint density at radius 3 is 2.59 bits per heavy atom. The van der Waals surface area contributed by atoms with Gasteiger partial charge in [0.15, 0.2) is 0 Å². The van der Waals surface area contributed by atoms with E-state index in [4.69, 9.17) is 16.2 Å². The smallest absolute Gasteiger partial charge is 0.317 e. The Morgan fingerprint density at radius 1 is 1.23 bits per heavy atom. The SMILES string of the molecule is COc1cccc2c1CCc1c-2sc(NC(N)=O)c1C(N)=O. The van der Waals surface area contributed by atoms with Crippen LogP contribution in [0.25, 0.3) is 10.4 Å². The first-order valence-electron chi connectivity index (χ1n) is 6.71. The number of rotatable bonds is 3. The van der Waals surface area contributed by atoms with Gasteiger partial charge in [0.25, 0.3) is 5.91 Å². The average Bonchev–Trinajstić information content (AvgIpc) is 2.83. The van der Waals surface area contributed by atoms with Crippen molar-refractivity contribution in [3.05, 3.63) is 34.9 Å². The molecule has 114 valence electrons. The zero-order valence-electron chi connectivity index (χ0n) is 11.9. The molecule has 0 saturated heterocycles. The number of ether oxygens (including phenoxy) is 1. The van der Waals surface area contributed by atoms with E-state index in [9.17, 15) is 9.59 Å². The molecule has 0 aliphatic heterocycles. The van der Waals surface area contributed by atoms with Crippen LogP contribution in [0.15, 0.2) is 18.2 Å². The summed E-state index contributed by atoms with van der Waals surface area (Å²) in [6.07, 6.45) is 1.41. The van der Waals surface area contributed by atoms with Crippen molar-refractivity contribution in [3.8, 4) is 16.2 Å². The summed E-state index contributed by atoms with van der Waals surface area (Å²) in [5.41, 5.74) is 14.0. The van der Waals surface area contributed by atoms with Gasteiger partial charge in [0.1, 0.15) is 10.8 Å². The van der Waals surface area contributed by atoms with Crippen LogP contribution in [-0.4, -0.2) is 19.0 Å². The van der Waals surface area contributed by atoms with E-state index in [0.29, 0.717) is 17.0 Å². The fourth-order valence-corrected chi connectivity index (χ4v) is 4.17. The Balaban J connectivity index is 2.22. The molecule has 0 fully saturated rings. The summed E-state index contributed by atoms with van der Waals surface area (Å²) in [4.78, 5) is 23.9. The molecule has 5 N–H and O–H groups in total. The maximum Gasteiger partial charge on any atom is 0.317 e. The number of hydrogen-bond acceptors (Lipinski definition) is 4. The molecule has 1 heterocycles. The van der Waals surface area contributed by atoms with Gasteiger partial charge in [-0.3, -0.25) is 10.1 Å². The summed E-state index contributed by atoms with van der Waals surface area (Å²) in [5, 5.41) is 2.90. The third kappa shape index (κ3) is 2.19. The van der Waals surface area contributed by atoms with E-state index in [2.05, 4.69) is 5.32 Å². The van der Waals surface area contributed by atoms with Gasteiger partial charge in [-0.15, -0.1) is 11.3 Å². The number of methoxy groups -OCH3 is 1. The maximum absolute atomic E-state index is 11.8. The van der Waals surface area contributed by atoms with Crippen LogP contribution in [0.5, 0.6) is 5.75 Å². The topological polar surface area (TPSA) is 107 Å². The van der Waals surface area contributed by atoms with E-state index >= 15 is 0 Å². The lowest BCUT2D eigenvalue weighted by atomic mass is 9.88. The van der Waals surface area contributed by atoms with Gasteiger partial charge in [0.05, 0.1) is 12.7 Å². The maximum atomic E-state index is 11.8. The molecule has 1 aliphatic carbocycles. The number of amides is 3. The molecule has 1 aromatic carbocycles. The minimum atomic E-state index is -0.716. The average molecular weight is 317 g/mol. The van der Waals surface area contributed by atoms with Crippen molar-refractivity contribution in [2.45, 2.75) is 12.8 Å². The molecule has 6 nitrogen and oxygen atoms in total. The first-order chi connectivity index (χ1) is 10.5. The molecule has 0 radical (unpaired) electrons. The summed E-state index contributed by atoms with van der Waals surface area (Å²) in [5.74, 6) is 0.259. The number of urea groups is 1. The van der Waals surface area contributed by atoms with E-state index in [0.717, 1.165) is 33.7 Å². The van der Waals surface area contributed by atoms with Gasteiger partial charge in [0, 0.05) is 10.4 Å². The van der Waals surface area contributed by atoms with E-state index in [-0.39, 0.29) is 0 Å². The van der Waals surface area contributed by atoms with Crippen LogP contribution in [-0.2, 0) is 12.8 Å². The van der Waals surface area contributed by atoms with Gasteiger partial charge in [0.2, 0.25) is 0 Å². The van der Waals surface area contributed by atoms with Gasteiger partial charge in [-0.25, -0.2) is 4.79 Å². The van der Waals surface area contributed by atoms with E-state index in [1.807, 2.05) is 18.2 Å². The molecular weight excluding hydrogens is 302 g/mol. The first kappa shape index (κ1) is 14.4. The molecular formula is C15H15N3O3S. The van der Waals surface area contributed by atoms with Crippen molar-refractivity contribution in [1.82, 2.24) is 0 Å². The summed E-state index contributed by atoms with van der Waals surface area (Å²) in [6.45, 7) is 0. The normalized spacial score (nSPS) is 12.2. The van der Waals surface area contributed by atoms with Gasteiger partial charge < -0.3 is 16.2 Å². The second-order valence-corrected chi connectivity index (χ2v) is 5.97. The zero-order valence-corrected chi connectivity index (χ0v) is 12.8. The van der Waals surface area contributed by atoms with Gasteiger partial charge in [-0.05, 0) is 30.0 Å². The fraction of sp³-hybridized carbons (Fsp3) is 0.200. The molecule has 3 amide bonds. The lowest BCUT2D eigenvalue weighted by molar-refractivity contribution is 0.100. The number of carbonyl (C=O) groups excluding carboxylic acids is 2. The minimum Gasteiger partial charge on any atom is -0.496 e. The Kier molecular flexibility index (Phi) is 3.50. The Morgan fingerprint density at radius 2 is 1.95 bits per heavy atom. The van der Waals surface area contributed by atoms with E-state index in [1.54, 1.807) is 7.11 Å². The van der Waals surface area contributed by atoms with Crippen molar-refractivity contribution >= 4 is 28.3 Å². The summed E-state index contributed by atoms with van der Waals surface area (Å²) in [6, 6.07) is 5.07. The van der Waals surface area contributed by atoms with Crippen LogP contribution >= 0.6 is 11.3 Å². The molecule has 0 unspecified atom stereocenters. The minimum absolute atomic E-state index is 0.354. The highest BCUT2D eigenvalue weighted by molar-refractivity contribution is 7.20. The van der Waals surface area contributed by atoms with Crippen molar-refractivity contribution in [1.29, 1.82) is 0 Å². The number of nitrogens with one attached hydrogen (secondary N) is 1. The quantitative estimate of drug-likeness (QED) is 0.806. The Hall–Kier alpha value is -2.54. The van der Waals surface area contributed by atoms with Crippen molar-refractivity contribution in [3.63, 3.8) is 0 Å². The summed E-state index contributed by atoms with van der Waals surface area (Å²) < 4.78 is 5.40. The standard InChI is InChI=1S/C15H15N3O3S/c1-21-10-4-2-3-8-7(10)5-6-9-11(13(16)19)14(18-15(17)20)22-12(8)9/h2-4H,5-6H2,1H3,(H2,16,19)(H3,17,18,20). The van der Waals surface area contributed by atoms with E-state index in [1.165, 1.54) is 11.3 Å². The number of thiophene rings is 1. The highest BCUT2D eigenvalue weighted by Crippen LogP contribution is 2.46. The number of primary amides is 2. The molecule has 3 rings (SSSR count). The van der Waals surface area contributed by atoms with Crippen molar-refractivity contribution in [2.24, 2.45) is 11.5 Å². The highest BCUT2D eigenvalue weighted by Gasteiger charge is 2.28. The second kappa shape index (κ2) is 5.34. The van der Waals surface area contributed by atoms with Crippen LogP contribution in [0.4, 0.5) is 9.80 Å². The second-order valence-electron chi connectivity index (χ2n) is 4.95. The molecule has 7 heteroatoms. The zero-order chi connectivity index (χ0) is 15.9. The third-order valence-corrected chi connectivity index (χ3v) is 4.89. The molecule has 0 saturated carbocycles. The lowest BCUT2D eigenvalue weighted by Gasteiger charge is -2.19. The van der Waals surface area contributed by atoms with Gasteiger partial charge in [-0.2, -0.15) is 0 Å². The number of nitrogens with two attached hydrogens (primary N) is 2. The molecule has 22 heavy (non-hydrogen) atoms. The third-order valence-electron chi connectivity index (χ3n) is 3.71. The van der Waals surface area contributed by atoms with Crippen LogP contribution in [0, 0.1) is 0 Å². The molecule has 1 aromatic heterocycles. The Labute approximate surface area is 131 Å². The number of carbonyl (C=O) groups is 2. The largest absolute Gasteiger partial charge is 0.496 e. The van der Waals surface area contributed by atoms with Crippen LogP contribution in [0.2, 0.25) is 0 Å². The van der Waals surface area contributed by atoms with Crippen LogP contribution in [0.3, 0.4) is 0 Å². The van der Waals surface area contributed by atoms with Crippen molar-refractivity contribution in [2.75, 3.05) is 12.4 Å². The van der Waals surface area contributed by atoms with Crippen molar-refractivity contribution < 1.29 is 14.3 Å². The van der Waals surface area contributed by atoms with Gasteiger partial charge >= 0.3 is 6.03 Å². The van der Waals surface area contributed by atoms with Gasteiger partial charge in [-0.1, -0.05) is 12.1 Å². The molecule has 1 aliphatic rings. The first-order valence-corrected chi connectivity index (χ1v) is 7.52. The monoisotopic (exact) mass is 317 g/mol. The lowest BCUT2D eigenvalue weighted by Crippen LogP contribution is -2.22. The van der Waals surface area contributed by atoms with E-state index < -0.39 is 11.9 Å². The number of anilines is 1. The summed E-state index contributed by atoms with van der Waals surface area (Å²) in [7, 11) is 1.63. The summed E-state index contributed by atoms with van der Waals surface area (Å²) >= 11 is 1.31. The number of fused-ring (bicyclic) bond motifs is 3. The molecule has 0 bridgehead atoms. The Bertz CT molecular complexity index is 783. The van der Waals surface area contributed by atoms with Crippen LogP contribution < -0.4 is 21.5 Å².